The van der Waals surface area contributed by atoms with E-state index in [-0.39, 0.29) is 0 Å². The molecule has 2 fully saturated rings. The molecule has 1 spiro atoms. The zero-order valence-electron chi connectivity index (χ0n) is 7.77. The smallest absolute Gasteiger partial charge is 0.133 e. The molecule has 0 saturated heterocycles. The van der Waals surface area contributed by atoms with Gasteiger partial charge in [-0.1, -0.05) is 25.7 Å². The highest BCUT2D eigenvalue weighted by Gasteiger charge is 2.37. The van der Waals surface area contributed by atoms with Gasteiger partial charge in [0.1, 0.15) is 5.78 Å². The second kappa shape index (κ2) is 3.20. The lowest BCUT2D eigenvalue weighted by molar-refractivity contribution is -0.118. The second-order valence-electron chi connectivity index (χ2n) is 4.63. The molecule has 2 saturated carbocycles. The van der Waals surface area contributed by atoms with E-state index in [9.17, 15) is 4.79 Å². The number of carbonyl (C=O) groups is 1. The van der Waals surface area contributed by atoms with Crippen molar-refractivity contribution in [1.29, 1.82) is 0 Å². The summed E-state index contributed by atoms with van der Waals surface area (Å²) in [6.45, 7) is 0. The number of Topliss-reactive ketones (excluding diaryl/α,β-unsaturated/α-hetero) is 1. The van der Waals surface area contributed by atoms with E-state index in [4.69, 9.17) is 0 Å². The molecule has 1 heteroatoms. The van der Waals surface area contributed by atoms with E-state index in [1.807, 2.05) is 0 Å². The Hall–Kier alpha value is -0.330. The molecule has 0 N–H and O–H groups in total. The number of rotatable bonds is 0. The molecule has 0 aromatic rings. The van der Waals surface area contributed by atoms with Gasteiger partial charge in [-0.15, -0.1) is 0 Å². The topological polar surface area (TPSA) is 17.1 Å². The molecule has 0 radical (unpaired) electrons. The Bertz CT molecular complexity index is 175. The van der Waals surface area contributed by atoms with Gasteiger partial charge in [-0.2, -0.15) is 0 Å². The van der Waals surface area contributed by atoms with Gasteiger partial charge in [0.05, 0.1) is 0 Å². The molecular formula is C11H18O. The van der Waals surface area contributed by atoms with Crippen LogP contribution in [-0.2, 0) is 4.79 Å². The molecule has 0 amide bonds. The molecule has 2 aliphatic carbocycles. The van der Waals surface area contributed by atoms with Crippen LogP contribution in [0.25, 0.3) is 0 Å². The van der Waals surface area contributed by atoms with Gasteiger partial charge < -0.3 is 0 Å². The standard InChI is InChI=1S/C11H18O/c12-10-5-8-11(9-10)6-3-1-2-4-7-11/h1-9H2. The SMILES string of the molecule is O=C1CCC2(CCCCCC2)C1. The van der Waals surface area contributed by atoms with Gasteiger partial charge in [-0.05, 0) is 24.7 Å². The number of hydrogen-bond donors (Lipinski definition) is 0. The minimum absolute atomic E-state index is 0.480. The molecule has 0 aromatic carbocycles. The normalized spacial score (nSPS) is 29.2. The summed E-state index contributed by atoms with van der Waals surface area (Å²) in [5, 5.41) is 0. The van der Waals surface area contributed by atoms with E-state index in [1.54, 1.807) is 0 Å². The Morgan fingerprint density at radius 1 is 0.917 bits per heavy atom. The highest BCUT2D eigenvalue weighted by atomic mass is 16.1. The molecule has 0 bridgehead atoms. The van der Waals surface area contributed by atoms with E-state index in [1.165, 1.54) is 44.9 Å². The molecule has 12 heavy (non-hydrogen) atoms. The van der Waals surface area contributed by atoms with Gasteiger partial charge in [-0.25, -0.2) is 0 Å². The Balaban J connectivity index is 2.03. The molecule has 0 heterocycles. The number of ketones is 1. The van der Waals surface area contributed by atoms with Gasteiger partial charge >= 0.3 is 0 Å². The third-order valence-electron chi connectivity index (χ3n) is 3.67. The quantitative estimate of drug-likeness (QED) is 0.540. The third kappa shape index (κ3) is 1.55. The molecule has 0 unspecified atom stereocenters. The van der Waals surface area contributed by atoms with E-state index < -0.39 is 0 Å². The van der Waals surface area contributed by atoms with Crippen LogP contribution < -0.4 is 0 Å². The zero-order valence-corrected chi connectivity index (χ0v) is 7.77. The molecular weight excluding hydrogens is 148 g/mol. The minimum atomic E-state index is 0.480. The average molecular weight is 166 g/mol. The van der Waals surface area contributed by atoms with Crippen molar-refractivity contribution >= 4 is 5.78 Å². The third-order valence-corrected chi connectivity index (χ3v) is 3.67. The Kier molecular flexibility index (Phi) is 2.20. The van der Waals surface area contributed by atoms with Gasteiger partial charge in [0, 0.05) is 12.8 Å². The summed E-state index contributed by atoms with van der Waals surface area (Å²) in [4.78, 5) is 11.2. The number of hydrogen-bond acceptors (Lipinski definition) is 1. The van der Waals surface area contributed by atoms with Crippen LogP contribution in [-0.4, -0.2) is 5.78 Å². The average Bonchev–Trinajstić information content (AvgIpc) is 2.30. The Labute approximate surface area is 74.5 Å². The monoisotopic (exact) mass is 166 g/mol. The van der Waals surface area contributed by atoms with Crippen molar-refractivity contribution in [2.45, 2.75) is 57.8 Å². The first kappa shape index (κ1) is 8.28. The highest BCUT2D eigenvalue weighted by molar-refractivity contribution is 5.81. The fraction of sp³-hybridized carbons (Fsp3) is 0.909. The summed E-state index contributed by atoms with van der Waals surface area (Å²) in [5.74, 6) is 0.525. The van der Waals surface area contributed by atoms with Crippen LogP contribution in [0.3, 0.4) is 0 Å². The first-order chi connectivity index (χ1) is 5.81. The van der Waals surface area contributed by atoms with Crippen molar-refractivity contribution in [3.8, 4) is 0 Å². The summed E-state index contributed by atoms with van der Waals surface area (Å²) in [5.41, 5.74) is 0.480. The van der Waals surface area contributed by atoms with Crippen LogP contribution in [0.4, 0.5) is 0 Å². The fourth-order valence-corrected chi connectivity index (χ4v) is 2.90. The maximum absolute atomic E-state index is 11.2. The van der Waals surface area contributed by atoms with Gasteiger partial charge in [0.15, 0.2) is 0 Å². The molecule has 2 rings (SSSR count). The van der Waals surface area contributed by atoms with Crippen molar-refractivity contribution in [3.05, 3.63) is 0 Å². The maximum Gasteiger partial charge on any atom is 0.133 e. The van der Waals surface area contributed by atoms with Crippen molar-refractivity contribution in [2.75, 3.05) is 0 Å². The summed E-state index contributed by atoms with van der Waals surface area (Å²) in [6.07, 6.45) is 11.2. The van der Waals surface area contributed by atoms with Crippen LogP contribution in [0, 0.1) is 5.41 Å². The lowest BCUT2D eigenvalue weighted by atomic mass is 9.79. The van der Waals surface area contributed by atoms with Crippen molar-refractivity contribution in [2.24, 2.45) is 5.41 Å². The summed E-state index contributed by atoms with van der Waals surface area (Å²) >= 11 is 0. The minimum Gasteiger partial charge on any atom is -0.300 e. The first-order valence-electron chi connectivity index (χ1n) is 5.33. The second-order valence-corrected chi connectivity index (χ2v) is 4.63. The number of carbonyl (C=O) groups excluding carboxylic acids is 1. The lowest BCUT2D eigenvalue weighted by Gasteiger charge is -2.25. The predicted octanol–water partition coefficient (Wildman–Crippen LogP) is 3.08. The fourth-order valence-electron chi connectivity index (χ4n) is 2.90. The van der Waals surface area contributed by atoms with Crippen LogP contribution in [0.1, 0.15) is 57.8 Å². The van der Waals surface area contributed by atoms with E-state index in [2.05, 4.69) is 0 Å². The predicted molar refractivity (Wildman–Crippen MR) is 49.0 cm³/mol. The van der Waals surface area contributed by atoms with E-state index in [0.29, 0.717) is 11.2 Å². The Morgan fingerprint density at radius 3 is 2.08 bits per heavy atom. The largest absolute Gasteiger partial charge is 0.300 e. The van der Waals surface area contributed by atoms with Gasteiger partial charge in [0.2, 0.25) is 0 Å². The molecule has 0 aliphatic heterocycles. The van der Waals surface area contributed by atoms with Crippen LogP contribution in [0.15, 0.2) is 0 Å². The van der Waals surface area contributed by atoms with E-state index in [0.717, 1.165) is 12.8 Å². The highest BCUT2D eigenvalue weighted by Crippen LogP contribution is 2.46. The zero-order chi connectivity index (χ0) is 8.44. The van der Waals surface area contributed by atoms with Crippen LogP contribution in [0.5, 0.6) is 0 Å². The maximum atomic E-state index is 11.2. The van der Waals surface area contributed by atoms with E-state index >= 15 is 0 Å². The van der Waals surface area contributed by atoms with Crippen molar-refractivity contribution in [3.63, 3.8) is 0 Å². The summed E-state index contributed by atoms with van der Waals surface area (Å²) in [6, 6.07) is 0. The Morgan fingerprint density at radius 2 is 1.58 bits per heavy atom. The lowest BCUT2D eigenvalue weighted by Crippen LogP contribution is -2.15. The van der Waals surface area contributed by atoms with Crippen molar-refractivity contribution < 1.29 is 4.79 Å². The first-order valence-corrected chi connectivity index (χ1v) is 5.33. The molecule has 1 nitrogen and oxygen atoms in total. The van der Waals surface area contributed by atoms with Crippen LogP contribution in [0.2, 0.25) is 0 Å². The van der Waals surface area contributed by atoms with Crippen LogP contribution >= 0.6 is 0 Å². The molecule has 0 atom stereocenters. The van der Waals surface area contributed by atoms with Gasteiger partial charge in [-0.3, -0.25) is 4.79 Å². The molecule has 2 aliphatic rings. The molecule has 0 aromatic heterocycles. The summed E-state index contributed by atoms with van der Waals surface area (Å²) < 4.78 is 0. The summed E-state index contributed by atoms with van der Waals surface area (Å²) in [7, 11) is 0. The van der Waals surface area contributed by atoms with Crippen molar-refractivity contribution in [1.82, 2.24) is 0 Å². The van der Waals surface area contributed by atoms with Gasteiger partial charge in [0.25, 0.3) is 0 Å². The molecule has 68 valence electrons.